The van der Waals surface area contributed by atoms with E-state index in [-0.39, 0.29) is 5.91 Å². The van der Waals surface area contributed by atoms with Crippen molar-refractivity contribution in [1.29, 1.82) is 0 Å². The van der Waals surface area contributed by atoms with Gasteiger partial charge in [0.1, 0.15) is 0 Å². The minimum Gasteiger partial charge on any atom is -0.463 e. The molecular formula is C22H41NO3. The van der Waals surface area contributed by atoms with Gasteiger partial charge in [-0.3, -0.25) is 4.79 Å². The van der Waals surface area contributed by atoms with Crippen LogP contribution >= 0.6 is 0 Å². The number of unbranched alkanes of at least 4 members (excludes halogenated alkanes) is 10. The second-order valence-electron chi connectivity index (χ2n) is 6.95. The summed E-state index contributed by atoms with van der Waals surface area (Å²) in [5.74, 6) is -0.514. The molecule has 4 nitrogen and oxygen atoms in total. The van der Waals surface area contributed by atoms with Gasteiger partial charge in [-0.1, -0.05) is 78.1 Å². The monoisotopic (exact) mass is 367 g/mol. The van der Waals surface area contributed by atoms with E-state index in [9.17, 15) is 9.59 Å². The summed E-state index contributed by atoms with van der Waals surface area (Å²) >= 11 is 0. The summed E-state index contributed by atoms with van der Waals surface area (Å²) < 4.78 is 4.85. The second-order valence-corrected chi connectivity index (χ2v) is 6.95. The summed E-state index contributed by atoms with van der Waals surface area (Å²) in [6.07, 6.45) is 17.2. The van der Waals surface area contributed by atoms with E-state index in [1.165, 1.54) is 76.4 Å². The maximum absolute atomic E-state index is 12.4. The predicted octanol–water partition coefficient (Wildman–Crippen LogP) is 5.66. The molecule has 0 atom stereocenters. The lowest BCUT2D eigenvalue weighted by Crippen LogP contribution is -2.31. The van der Waals surface area contributed by atoms with Gasteiger partial charge in [0.2, 0.25) is 5.91 Å². The normalized spacial score (nSPS) is 11.0. The fourth-order valence-electron chi connectivity index (χ4n) is 2.93. The Morgan fingerprint density at radius 3 is 1.62 bits per heavy atom. The molecule has 0 fully saturated rings. The first kappa shape index (κ1) is 24.7. The molecule has 0 rings (SSSR count). The minimum absolute atomic E-state index is 0.0693. The van der Waals surface area contributed by atoms with Crippen molar-refractivity contribution >= 4 is 11.9 Å². The van der Waals surface area contributed by atoms with E-state index >= 15 is 0 Å². The molecule has 0 N–H and O–H groups in total. The smallest absolute Gasteiger partial charge is 0.330 e. The highest BCUT2D eigenvalue weighted by Crippen LogP contribution is 2.09. The Bertz CT molecular complexity index is 364. The third-order valence-corrected chi connectivity index (χ3v) is 4.52. The van der Waals surface area contributed by atoms with Crippen molar-refractivity contribution in [2.75, 3.05) is 19.7 Å². The van der Waals surface area contributed by atoms with Crippen LogP contribution in [0.15, 0.2) is 12.2 Å². The zero-order valence-electron chi connectivity index (χ0n) is 17.4. The van der Waals surface area contributed by atoms with E-state index < -0.39 is 5.97 Å². The van der Waals surface area contributed by atoms with Crippen LogP contribution in [-0.2, 0) is 14.3 Å². The SMILES string of the molecule is CCCCCCCCN(CCCCCCCC)C(=O)/C=C/C(=O)OCC. The highest BCUT2D eigenvalue weighted by atomic mass is 16.5. The molecule has 1 amide bonds. The third kappa shape index (κ3) is 15.0. The van der Waals surface area contributed by atoms with Gasteiger partial charge in [0, 0.05) is 25.2 Å². The first-order valence-corrected chi connectivity index (χ1v) is 10.8. The fraction of sp³-hybridized carbons (Fsp3) is 0.818. The molecule has 0 aliphatic heterocycles. The number of hydrogen-bond donors (Lipinski definition) is 0. The summed E-state index contributed by atoms with van der Waals surface area (Å²) in [7, 11) is 0. The van der Waals surface area contributed by atoms with Crippen LogP contribution in [0.1, 0.15) is 97.8 Å². The van der Waals surface area contributed by atoms with Crippen LogP contribution < -0.4 is 0 Å². The van der Waals surface area contributed by atoms with Crippen molar-refractivity contribution < 1.29 is 14.3 Å². The number of ether oxygens (including phenoxy) is 1. The van der Waals surface area contributed by atoms with Gasteiger partial charge < -0.3 is 9.64 Å². The zero-order valence-corrected chi connectivity index (χ0v) is 17.4. The summed E-state index contributed by atoms with van der Waals surface area (Å²) in [6.45, 7) is 8.10. The van der Waals surface area contributed by atoms with Gasteiger partial charge in [-0.15, -0.1) is 0 Å². The summed E-state index contributed by atoms with van der Waals surface area (Å²) in [4.78, 5) is 25.7. The minimum atomic E-state index is -0.445. The topological polar surface area (TPSA) is 46.6 Å². The Morgan fingerprint density at radius 1 is 0.692 bits per heavy atom. The molecule has 0 bridgehead atoms. The molecule has 0 saturated carbocycles. The Balaban J connectivity index is 4.28. The number of rotatable bonds is 17. The Labute approximate surface area is 161 Å². The molecule has 0 aliphatic rings. The predicted molar refractivity (Wildman–Crippen MR) is 109 cm³/mol. The van der Waals surface area contributed by atoms with Gasteiger partial charge in [0.15, 0.2) is 0 Å². The van der Waals surface area contributed by atoms with Crippen LogP contribution in [0.3, 0.4) is 0 Å². The molecule has 0 spiro atoms. The lowest BCUT2D eigenvalue weighted by molar-refractivity contribution is -0.137. The van der Waals surface area contributed by atoms with Gasteiger partial charge >= 0.3 is 5.97 Å². The highest BCUT2D eigenvalue weighted by Gasteiger charge is 2.10. The van der Waals surface area contributed by atoms with Crippen LogP contribution in [0, 0.1) is 0 Å². The quantitative estimate of drug-likeness (QED) is 0.189. The van der Waals surface area contributed by atoms with Crippen molar-refractivity contribution in [2.45, 2.75) is 97.8 Å². The molecule has 0 unspecified atom stereocenters. The number of hydrogen-bond acceptors (Lipinski definition) is 3. The molecule has 152 valence electrons. The van der Waals surface area contributed by atoms with Crippen LogP contribution in [-0.4, -0.2) is 36.5 Å². The summed E-state index contributed by atoms with van der Waals surface area (Å²) in [5.41, 5.74) is 0. The number of nitrogens with zero attached hydrogens (tertiary/aromatic N) is 1. The standard InChI is InChI=1S/C22H41NO3/c1-4-7-9-11-13-15-19-23(20-16-14-12-10-8-5-2)21(24)17-18-22(25)26-6-3/h17-18H,4-16,19-20H2,1-3H3/b18-17+. The maximum atomic E-state index is 12.4. The molecule has 0 aliphatic carbocycles. The van der Waals surface area contributed by atoms with Crippen LogP contribution in [0.5, 0.6) is 0 Å². The van der Waals surface area contributed by atoms with Gasteiger partial charge in [-0.2, -0.15) is 0 Å². The van der Waals surface area contributed by atoms with E-state index in [4.69, 9.17) is 4.74 Å². The van der Waals surface area contributed by atoms with Crippen LogP contribution in [0.25, 0.3) is 0 Å². The molecule has 0 radical (unpaired) electrons. The number of carbonyl (C=O) groups excluding carboxylic acids is 2. The van der Waals surface area contributed by atoms with Crippen LogP contribution in [0.2, 0.25) is 0 Å². The third-order valence-electron chi connectivity index (χ3n) is 4.52. The van der Waals surface area contributed by atoms with Crippen molar-refractivity contribution in [3.63, 3.8) is 0 Å². The molecule has 0 aromatic carbocycles. The Hall–Kier alpha value is -1.32. The van der Waals surface area contributed by atoms with Gasteiger partial charge in [0.05, 0.1) is 6.61 Å². The molecule has 0 saturated heterocycles. The number of carbonyl (C=O) groups is 2. The van der Waals surface area contributed by atoms with Crippen molar-refractivity contribution in [3.8, 4) is 0 Å². The van der Waals surface area contributed by atoms with Crippen molar-refractivity contribution in [1.82, 2.24) is 4.90 Å². The Morgan fingerprint density at radius 2 is 1.15 bits per heavy atom. The zero-order chi connectivity index (χ0) is 19.5. The maximum Gasteiger partial charge on any atom is 0.330 e. The number of esters is 1. The van der Waals surface area contributed by atoms with Crippen LogP contribution in [0.4, 0.5) is 0 Å². The largest absolute Gasteiger partial charge is 0.463 e. The van der Waals surface area contributed by atoms with E-state index in [0.717, 1.165) is 25.9 Å². The van der Waals surface area contributed by atoms with Crippen molar-refractivity contribution in [3.05, 3.63) is 12.2 Å². The van der Waals surface area contributed by atoms with E-state index in [1.807, 2.05) is 4.90 Å². The lowest BCUT2D eigenvalue weighted by Gasteiger charge is -2.21. The molecule has 0 aromatic rings. The molecule has 0 heterocycles. The van der Waals surface area contributed by atoms with Gasteiger partial charge in [-0.05, 0) is 19.8 Å². The van der Waals surface area contributed by atoms with Gasteiger partial charge in [-0.25, -0.2) is 4.79 Å². The Kier molecular flexibility index (Phi) is 17.5. The average Bonchev–Trinajstić information content (AvgIpc) is 2.63. The van der Waals surface area contributed by atoms with E-state index in [2.05, 4.69) is 13.8 Å². The number of amides is 1. The first-order chi connectivity index (χ1) is 12.7. The highest BCUT2D eigenvalue weighted by molar-refractivity contribution is 5.94. The first-order valence-electron chi connectivity index (χ1n) is 10.8. The molecule has 26 heavy (non-hydrogen) atoms. The molecule has 4 heteroatoms. The summed E-state index contributed by atoms with van der Waals surface area (Å²) in [6, 6.07) is 0. The lowest BCUT2D eigenvalue weighted by atomic mass is 10.1. The average molecular weight is 368 g/mol. The summed E-state index contributed by atoms with van der Waals surface area (Å²) in [5, 5.41) is 0. The fourth-order valence-corrected chi connectivity index (χ4v) is 2.93. The molecular weight excluding hydrogens is 326 g/mol. The van der Waals surface area contributed by atoms with E-state index in [0.29, 0.717) is 6.61 Å². The van der Waals surface area contributed by atoms with Crippen molar-refractivity contribution in [2.24, 2.45) is 0 Å². The second kappa shape index (κ2) is 18.5. The molecule has 0 aromatic heterocycles. The van der Waals surface area contributed by atoms with E-state index in [1.54, 1.807) is 6.92 Å². The van der Waals surface area contributed by atoms with Gasteiger partial charge in [0.25, 0.3) is 0 Å².